The van der Waals surface area contributed by atoms with Crippen molar-refractivity contribution in [3.05, 3.63) is 17.5 Å². The summed E-state index contributed by atoms with van der Waals surface area (Å²) in [5.74, 6) is 1.61. The number of likely N-dealkylation sites (tertiary alicyclic amines) is 1. The molecule has 1 saturated carbocycles. The molecule has 19 heavy (non-hydrogen) atoms. The van der Waals surface area contributed by atoms with Gasteiger partial charge < -0.3 is 4.52 Å². The first-order valence-electron chi connectivity index (χ1n) is 7.43. The molecule has 104 valence electrons. The standard InChI is InChI=1S/C15H22N2O2/c1-11-9-12(16-19-11)10-17-8-4-6-14(17)13-5-2-3-7-15(13)18/h9,13-14H,2-8,10H2,1H3. The second-order valence-corrected chi connectivity index (χ2v) is 5.93. The van der Waals surface area contributed by atoms with Crippen LogP contribution in [0.3, 0.4) is 0 Å². The summed E-state index contributed by atoms with van der Waals surface area (Å²) < 4.78 is 5.13. The number of carbonyl (C=O) groups excluding carboxylic acids is 1. The van der Waals surface area contributed by atoms with Crippen molar-refractivity contribution in [3.8, 4) is 0 Å². The van der Waals surface area contributed by atoms with Gasteiger partial charge in [0.05, 0.1) is 5.69 Å². The zero-order valence-electron chi connectivity index (χ0n) is 11.6. The highest BCUT2D eigenvalue weighted by molar-refractivity contribution is 5.82. The molecule has 3 rings (SSSR count). The first-order valence-corrected chi connectivity index (χ1v) is 7.43. The first-order chi connectivity index (χ1) is 9.24. The summed E-state index contributed by atoms with van der Waals surface area (Å²) in [5, 5.41) is 4.08. The molecule has 1 aliphatic carbocycles. The number of rotatable bonds is 3. The van der Waals surface area contributed by atoms with E-state index in [1.165, 1.54) is 12.8 Å². The molecule has 2 aliphatic rings. The van der Waals surface area contributed by atoms with Crippen molar-refractivity contribution in [2.24, 2.45) is 5.92 Å². The van der Waals surface area contributed by atoms with Crippen molar-refractivity contribution in [2.75, 3.05) is 6.54 Å². The largest absolute Gasteiger partial charge is 0.361 e. The van der Waals surface area contributed by atoms with Crippen LogP contribution in [0, 0.1) is 12.8 Å². The number of hydrogen-bond acceptors (Lipinski definition) is 4. The lowest BCUT2D eigenvalue weighted by molar-refractivity contribution is -0.126. The molecule has 0 radical (unpaired) electrons. The number of carbonyl (C=O) groups is 1. The summed E-state index contributed by atoms with van der Waals surface area (Å²) in [6, 6.07) is 2.43. The highest BCUT2D eigenvalue weighted by Gasteiger charge is 2.36. The van der Waals surface area contributed by atoms with Crippen LogP contribution >= 0.6 is 0 Å². The van der Waals surface area contributed by atoms with Crippen LogP contribution in [-0.2, 0) is 11.3 Å². The number of aromatic nitrogens is 1. The molecule has 4 heteroatoms. The molecule has 1 aromatic rings. The summed E-state index contributed by atoms with van der Waals surface area (Å²) in [7, 11) is 0. The second-order valence-electron chi connectivity index (χ2n) is 5.93. The molecular weight excluding hydrogens is 240 g/mol. The molecule has 2 atom stereocenters. The van der Waals surface area contributed by atoms with E-state index in [2.05, 4.69) is 10.1 Å². The summed E-state index contributed by atoms with van der Waals surface area (Å²) in [5.41, 5.74) is 0.993. The number of Topliss-reactive ketones (excluding diaryl/α,β-unsaturated/α-hetero) is 1. The first kappa shape index (κ1) is 12.9. The van der Waals surface area contributed by atoms with E-state index in [9.17, 15) is 4.79 Å². The van der Waals surface area contributed by atoms with E-state index in [1.807, 2.05) is 13.0 Å². The average Bonchev–Trinajstić information content (AvgIpc) is 3.00. The molecule has 0 N–H and O–H groups in total. The van der Waals surface area contributed by atoms with Crippen LogP contribution in [-0.4, -0.2) is 28.4 Å². The Morgan fingerprint density at radius 1 is 1.37 bits per heavy atom. The van der Waals surface area contributed by atoms with Gasteiger partial charge in [0.25, 0.3) is 0 Å². The SMILES string of the molecule is Cc1cc(CN2CCCC2C2CCCCC2=O)no1. The third-order valence-corrected chi connectivity index (χ3v) is 4.52. The van der Waals surface area contributed by atoms with E-state index in [0.29, 0.717) is 11.8 Å². The van der Waals surface area contributed by atoms with Gasteiger partial charge in [0.1, 0.15) is 11.5 Å². The van der Waals surface area contributed by atoms with Gasteiger partial charge in [-0.25, -0.2) is 0 Å². The molecule has 0 amide bonds. The monoisotopic (exact) mass is 262 g/mol. The van der Waals surface area contributed by atoms with E-state index in [1.54, 1.807) is 0 Å². The molecular formula is C15H22N2O2. The third-order valence-electron chi connectivity index (χ3n) is 4.52. The summed E-state index contributed by atoms with van der Waals surface area (Å²) in [4.78, 5) is 14.6. The Morgan fingerprint density at radius 2 is 2.26 bits per heavy atom. The van der Waals surface area contributed by atoms with Crippen molar-refractivity contribution >= 4 is 5.78 Å². The predicted octanol–water partition coefficient (Wildman–Crippen LogP) is 2.71. The van der Waals surface area contributed by atoms with Crippen LogP contribution in [0.4, 0.5) is 0 Å². The smallest absolute Gasteiger partial charge is 0.137 e. The van der Waals surface area contributed by atoms with Crippen LogP contribution in [0.25, 0.3) is 0 Å². The maximum atomic E-state index is 12.1. The molecule has 1 saturated heterocycles. The Labute approximate surface area is 114 Å². The minimum atomic E-state index is 0.268. The number of hydrogen-bond donors (Lipinski definition) is 0. The molecule has 1 aromatic heterocycles. The summed E-state index contributed by atoms with van der Waals surface area (Å²) in [6.45, 7) is 3.83. The van der Waals surface area contributed by atoms with Crippen molar-refractivity contribution < 1.29 is 9.32 Å². The Bertz CT molecular complexity index is 455. The molecule has 2 heterocycles. The van der Waals surface area contributed by atoms with Gasteiger partial charge in [-0.05, 0) is 39.2 Å². The number of ketones is 1. The van der Waals surface area contributed by atoms with E-state index in [-0.39, 0.29) is 5.92 Å². The molecule has 4 nitrogen and oxygen atoms in total. The highest BCUT2D eigenvalue weighted by Crippen LogP contribution is 2.33. The fourth-order valence-electron chi connectivity index (χ4n) is 3.62. The number of nitrogens with zero attached hydrogens (tertiary/aromatic N) is 2. The second kappa shape index (κ2) is 5.45. The van der Waals surface area contributed by atoms with Crippen LogP contribution in [0.5, 0.6) is 0 Å². The Morgan fingerprint density at radius 3 is 3.00 bits per heavy atom. The van der Waals surface area contributed by atoms with E-state index in [4.69, 9.17) is 4.52 Å². The van der Waals surface area contributed by atoms with Gasteiger partial charge in [-0.2, -0.15) is 0 Å². The van der Waals surface area contributed by atoms with Gasteiger partial charge in [0.15, 0.2) is 0 Å². The normalized spacial score (nSPS) is 29.0. The Hall–Kier alpha value is -1.16. The third kappa shape index (κ3) is 2.73. The maximum Gasteiger partial charge on any atom is 0.137 e. The fourth-order valence-corrected chi connectivity index (χ4v) is 3.62. The summed E-state index contributed by atoms with van der Waals surface area (Å²) in [6.07, 6.45) is 6.53. The zero-order chi connectivity index (χ0) is 13.2. The Kier molecular flexibility index (Phi) is 3.69. The quantitative estimate of drug-likeness (QED) is 0.840. The number of aryl methyl sites for hydroxylation is 1. The van der Waals surface area contributed by atoms with Crippen molar-refractivity contribution in [2.45, 2.75) is 58.0 Å². The van der Waals surface area contributed by atoms with Gasteiger partial charge in [-0.15, -0.1) is 0 Å². The van der Waals surface area contributed by atoms with Gasteiger partial charge in [-0.1, -0.05) is 11.6 Å². The summed E-state index contributed by atoms with van der Waals surface area (Å²) >= 11 is 0. The average molecular weight is 262 g/mol. The van der Waals surface area contributed by atoms with Gasteiger partial charge >= 0.3 is 0 Å². The van der Waals surface area contributed by atoms with Gasteiger partial charge in [-0.3, -0.25) is 9.69 Å². The fraction of sp³-hybridized carbons (Fsp3) is 0.733. The molecule has 1 aliphatic heterocycles. The zero-order valence-corrected chi connectivity index (χ0v) is 11.6. The minimum absolute atomic E-state index is 0.268. The van der Waals surface area contributed by atoms with Crippen molar-refractivity contribution in [1.82, 2.24) is 10.1 Å². The van der Waals surface area contributed by atoms with Crippen LogP contribution in [0.2, 0.25) is 0 Å². The topological polar surface area (TPSA) is 46.3 Å². The maximum absolute atomic E-state index is 12.1. The lowest BCUT2D eigenvalue weighted by Gasteiger charge is -2.32. The Balaban J connectivity index is 1.68. The van der Waals surface area contributed by atoms with Crippen molar-refractivity contribution in [3.63, 3.8) is 0 Å². The van der Waals surface area contributed by atoms with Gasteiger partial charge in [0, 0.05) is 31.0 Å². The molecule has 0 spiro atoms. The highest BCUT2D eigenvalue weighted by atomic mass is 16.5. The van der Waals surface area contributed by atoms with Crippen LogP contribution in [0.1, 0.15) is 50.0 Å². The van der Waals surface area contributed by atoms with E-state index in [0.717, 1.165) is 50.2 Å². The van der Waals surface area contributed by atoms with E-state index >= 15 is 0 Å². The minimum Gasteiger partial charge on any atom is -0.361 e. The molecule has 0 bridgehead atoms. The van der Waals surface area contributed by atoms with E-state index < -0.39 is 0 Å². The molecule has 2 unspecified atom stereocenters. The van der Waals surface area contributed by atoms with Crippen LogP contribution < -0.4 is 0 Å². The lowest BCUT2D eigenvalue weighted by atomic mass is 9.82. The molecule has 2 fully saturated rings. The molecule has 0 aromatic carbocycles. The predicted molar refractivity (Wildman–Crippen MR) is 71.6 cm³/mol. The lowest BCUT2D eigenvalue weighted by Crippen LogP contribution is -2.40. The van der Waals surface area contributed by atoms with Crippen LogP contribution in [0.15, 0.2) is 10.6 Å². The van der Waals surface area contributed by atoms with Crippen molar-refractivity contribution in [1.29, 1.82) is 0 Å². The van der Waals surface area contributed by atoms with Gasteiger partial charge in [0.2, 0.25) is 0 Å².